The van der Waals surface area contributed by atoms with E-state index in [-0.39, 0.29) is 11.9 Å². The summed E-state index contributed by atoms with van der Waals surface area (Å²) in [6, 6.07) is 13.0. The number of carboxylic acid groups (broad SMARTS) is 1. The molecule has 0 radical (unpaired) electrons. The van der Waals surface area contributed by atoms with Crippen LogP contribution in [0.15, 0.2) is 48.7 Å². The van der Waals surface area contributed by atoms with Gasteiger partial charge in [-0.3, -0.25) is 4.79 Å². The number of aromatic nitrogens is 2. The summed E-state index contributed by atoms with van der Waals surface area (Å²) < 4.78 is 0. The second kappa shape index (κ2) is 11.0. The van der Waals surface area contributed by atoms with Crippen LogP contribution in [0.3, 0.4) is 0 Å². The monoisotopic (exact) mass is 500 g/mol. The van der Waals surface area contributed by atoms with E-state index in [0.29, 0.717) is 47.6 Å². The maximum absolute atomic E-state index is 11.3. The van der Waals surface area contributed by atoms with Crippen LogP contribution in [0.4, 0.5) is 11.6 Å². The van der Waals surface area contributed by atoms with Gasteiger partial charge in [-0.1, -0.05) is 47.5 Å². The first-order valence-electron chi connectivity index (χ1n) is 11.0. The Morgan fingerprint density at radius 1 is 1.18 bits per heavy atom. The molecular formula is C24H26Cl2N6O2. The molecule has 3 aromatic rings. The highest BCUT2D eigenvalue weighted by atomic mass is 35.5. The zero-order valence-electron chi connectivity index (χ0n) is 18.4. The highest BCUT2D eigenvalue weighted by Gasteiger charge is 2.26. The molecule has 0 bridgehead atoms. The van der Waals surface area contributed by atoms with Gasteiger partial charge in [-0.05, 0) is 43.1 Å². The highest BCUT2D eigenvalue weighted by Crippen LogP contribution is 2.27. The molecule has 0 spiro atoms. The molecule has 10 heteroatoms. The Morgan fingerprint density at radius 2 is 1.94 bits per heavy atom. The zero-order chi connectivity index (χ0) is 24.1. The van der Waals surface area contributed by atoms with Crippen LogP contribution in [0, 0.1) is 0 Å². The Hall–Kier alpha value is -2.91. The lowest BCUT2D eigenvalue weighted by atomic mass is 9.99. The topological polar surface area (TPSA) is 125 Å². The number of carbonyl (C=O) groups is 1. The van der Waals surface area contributed by atoms with Crippen LogP contribution < -0.4 is 21.7 Å². The normalized spacial score (nSPS) is 17.9. The van der Waals surface area contributed by atoms with Gasteiger partial charge >= 0.3 is 5.97 Å². The fraction of sp³-hybridized carbons (Fsp3) is 0.292. The van der Waals surface area contributed by atoms with E-state index in [1.807, 2.05) is 24.3 Å². The van der Waals surface area contributed by atoms with Crippen molar-refractivity contribution in [1.29, 1.82) is 0 Å². The van der Waals surface area contributed by atoms with Gasteiger partial charge in [-0.15, -0.1) is 0 Å². The first kappa shape index (κ1) is 24.2. The van der Waals surface area contributed by atoms with E-state index >= 15 is 0 Å². The second-order valence-electron chi connectivity index (χ2n) is 8.19. The van der Waals surface area contributed by atoms with Crippen molar-refractivity contribution in [2.75, 3.05) is 17.6 Å². The number of anilines is 2. The molecule has 0 saturated carbocycles. The molecule has 1 unspecified atom stereocenters. The Kier molecular flexibility index (Phi) is 7.84. The van der Waals surface area contributed by atoms with Crippen LogP contribution in [-0.4, -0.2) is 39.7 Å². The maximum Gasteiger partial charge on any atom is 0.320 e. The smallest absolute Gasteiger partial charge is 0.320 e. The standard InChI is InChI=1S/C24H26Cl2N6O2/c25-18-5-2-6-19(26)17(18)12-31-23-22(27)30-13-21(32-23)15-4-1-3-14(9-15)11-29-16-7-8-28-20(10-16)24(33)34/h1-6,9,13,16,20,28-29H,7-8,10-12H2,(H2,27,30)(H,31,32)(H,33,34)/t16?,20-/m1/s1. The van der Waals surface area contributed by atoms with Gasteiger partial charge in [0.25, 0.3) is 0 Å². The Balaban J connectivity index is 1.44. The molecule has 8 nitrogen and oxygen atoms in total. The molecule has 2 atom stereocenters. The lowest BCUT2D eigenvalue weighted by molar-refractivity contribution is -0.140. The Morgan fingerprint density at radius 3 is 2.71 bits per heavy atom. The molecule has 1 aliphatic rings. The molecule has 2 aromatic carbocycles. The molecule has 0 amide bonds. The molecule has 6 N–H and O–H groups in total. The van der Waals surface area contributed by atoms with Crippen molar-refractivity contribution < 1.29 is 9.90 Å². The Labute approximate surface area is 207 Å². The Bertz CT molecular complexity index is 1160. The van der Waals surface area contributed by atoms with Crippen LogP contribution in [0.5, 0.6) is 0 Å². The summed E-state index contributed by atoms with van der Waals surface area (Å²) in [6.45, 7) is 1.67. The summed E-state index contributed by atoms with van der Waals surface area (Å²) in [5, 5.41) is 20.1. The fourth-order valence-corrected chi connectivity index (χ4v) is 4.47. The predicted octanol–water partition coefficient (Wildman–Crippen LogP) is 3.94. The number of nitrogen functional groups attached to an aromatic ring is 1. The van der Waals surface area contributed by atoms with Crippen molar-refractivity contribution in [2.24, 2.45) is 0 Å². The molecule has 2 heterocycles. The van der Waals surface area contributed by atoms with Crippen molar-refractivity contribution in [3.05, 3.63) is 69.8 Å². The fourth-order valence-electron chi connectivity index (χ4n) is 3.93. The third-order valence-corrected chi connectivity index (χ3v) is 6.52. The van der Waals surface area contributed by atoms with Gasteiger partial charge in [0.05, 0.1) is 11.9 Å². The quantitative estimate of drug-likeness (QED) is 0.314. The molecule has 178 valence electrons. The van der Waals surface area contributed by atoms with E-state index in [1.165, 1.54) is 0 Å². The van der Waals surface area contributed by atoms with Crippen molar-refractivity contribution in [3.8, 4) is 11.3 Å². The lowest BCUT2D eigenvalue weighted by Gasteiger charge is -2.28. The average Bonchev–Trinajstić information content (AvgIpc) is 2.84. The number of nitrogens with one attached hydrogen (secondary N) is 3. The van der Waals surface area contributed by atoms with Gasteiger partial charge in [0.2, 0.25) is 0 Å². The SMILES string of the molecule is Nc1ncc(-c2cccc(CNC3CCN[C@@H](C(=O)O)C3)c2)nc1NCc1c(Cl)cccc1Cl. The van der Waals surface area contributed by atoms with Gasteiger partial charge in [-0.2, -0.15) is 0 Å². The number of benzene rings is 2. The average molecular weight is 501 g/mol. The van der Waals surface area contributed by atoms with Crippen molar-refractivity contribution in [3.63, 3.8) is 0 Å². The van der Waals surface area contributed by atoms with E-state index in [0.717, 1.165) is 23.1 Å². The molecule has 4 rings (SSSR count). The van der Waals surface area contributed by atoms with Crippen molar-refractivity contribution >= 4 is 40.8 Å². The largest absolute Gasteiger partial charge is 0.480 e. The number of carboxylic acids is 1. The van der Waals surface area contributed by atoms with Gasteiger partial charge in [0.15, 0.2) is 11.6 Å². The van der Waals surface area contributed by atoms with Gasteiger partial charge in [0, 0.05) is 40.3 Å². The third kappa shape index (κ3) is 5.95. The van der Waals surface area contributed by atoms with E-state index in [4.69, 9.17) is 28.9 Å². The number of halogens is 2. The minimum absolute atomic E-state index is 0.148. The summed E-state index contributed by atoms with van der Waals surface area (Å²) in [5.74, 6) is -0.0771. The van der Waals surface area contributed by atoms with Gasteiger partial charge in [0.1, 0.15) is 6.04 Å². The number of hydrogen-bond acceptors (Lipinski definition) is 7. The third-order valence-electron chi connectivity index (χ3n) is 5.81. The summed E-state index contributed by atoms with van der Waals surface area (Å²) in [5.41, 5.74) is 9.45. The number of piperidine rings is 1. The number of hydrogen-bond donors (Lipinski definition) is 5. The lowest BCUT2D eigenvalue weighted by Crippen LogP contribution is -2.49. The van der Waals surface area contributed by atoms with Crippen LogP contribution in [-0.2, 0) is 17.9 Å². The highest BCUT2D eigenvalue weighted by molar-refractivity contribution is 6.36. The summed E-state index contributed by atoms with van der Waals surface area (Å²) in [7, 11) is 0. The predicted molar refractivity (Wildman–Crippen MR) is 135 cm³/mol. The maximum atomic E-state index is 11.3. The molecule has 1 aromatic heterocycles. The van der Waals surface area contributed by atoms with Crippen LogP contribution in [0.1, 0.15) is 24.0 Å². The number of nitrogens with two attached hydrogens (primary N) is 1. The zero-order valence-corrected chi connectivity index (χ0v) is 19.9. The molecule has 1 aliphatic heterocycles. The first-order valence-corrected chi connectivity index (χ1v) is 11.7. The van der Waals surface area contributed by atoms with E-state index in [1.54, 1.807) is 24.4 Å². The molecule has 1 saturated heterocycles. The molecular weight excluding hydrogens is 475 g/mol. The summed E-state index contributed by atoms with van der Waals surface area (Å²) in [6.07, 6.45) is 3.08. The molecule has 1 fully saturated rings. The van der Waals surface area contributed by atoms with Crippen LogP contribution >= 0.6 is 23.2 Å². The number of aliphatic carboxylic acids is 1. The van der Waals surface area contributed by atoms with Crippen molar-refractivity contribution in [1.82, 2.24) is 20.6 Å². The van der Waals surface area contributed by atoms with Gasteiger partial charge in [-0.25, -0.2) is 9.97 Å². The minimum Gasteiger partial charge on any atom is -0.480 e. The first-order chi connectivity index (χ1) is 16.4. The number of nitrogens with zero attached hydrogens (tertiary/aromatic N) is 2. The number of rotatable bonds is 8. The molecule has 34 heavy (non-hydrogen) atoms. The second-order valence-corrected chi connectivity index (χ2v) is 9.00. The van der Waals surface area contributed by atoms with E-state index in [2.05, 4.69) is 25.9 Å². The van der Waals surface area contributed by atoms with Crippen molar-refractivity contribution in [2.45, 2.75) is 38.0 Å². The van der Waals surface area contributed by atoms with E-state index < -0.39 is 12.0 Å². The van der Waals surface area contributed by atoms with Gasteiger partial charge < -0.3 is 26.8 Å². The summed E-state index contributed by atoms with van der Waals surface area (Å²) >= 11 is 12.5. The minimum atomic E-state index is -0.809. The van der Waals surface area contributed by atoms with E-state index in [9.17, 15) is 9.90 Å². The van der Waals surface area contributed by atoms with Crippen LogP contribution in [0.2, 0.25) is 10.0 Å². The summed E-state index contributed by atoms with van der Waals surface area (Å²) in [4.78, 5) is 20.2. The molecule has 0 aliphatic carbocycles. The van der Waals surface area contributed by atoms with Crippen LogP contribution in [0.25, 0.3) is 11.3 Å².